The lowest BCUT2D eigenvalue weighted by atomic mass is 10.2. The second kappa shape index (κ2) is 7.95. The van der Waals surface area contributed by atoms with E-state index in [4.69, 9.17) is 0 Å². The zero-order chi connectivity index (χ0) is 16.2. The van der Waals surface area contributed by atoms with Crippen molar-refractivity contribution in [1.82, 2.24) is 14.9 Å². The molecule has 5 nitrogen and oxygen atoms in total. The summed E-state index contributed by atoms with van der Waals surface area (Å²) < 4.78 is 0. The highest BCUT2D eigenvalue weighted by Gasteiger charge is 2.08. The average molecular weight is 345 g/mol. The fourth-order valence-electron chi connectivity index (χ4n) is 2.34. The highest BCUT2D eigenvalue weighted by atomic mass is 35.5. The molecule has 0 amide bonds. The van der Waals surface area contributed by atoms with Gasteiger partial charge in [-0.25, -0.2) is 9.97 Å². The van der Waals surface area contributed by atoms with Crippen molar-refractivity contribution >= 4 is 34.8 Å². The van der Waals surface area contributed by atoms with Crippen LogP contribution in [0.2, 0.25) is 0 Å². The van der Waals surface area contributed by atoms with E-state index in [1.54, 1.807) is 12.1 Å². The number of para-hydroxylation sites is 1. The van der Waals surface area contributed by atoms with Gasteiger partial charge in [0, 0.05) is 24.0 Å². The monoisotopic (exact) mass is 344 g/mol. The van der Waals surface area contributed by atoms with Crippen LogP contribution in [0.5, 0.6) is 5.75 Å². The van der Waals surface area contributed by atoms with Gasteiger partial charge in [-0.15, -0.1) is 12.4 Å². The molecular weight excluding hydrogens is 324 g/mol. The molecule has 0 spiro atoms. The lowest BCUT2D eigenvalue weighted by Crippen LogP contribution is -2.16. The first-order chi connectivity index (χ1) is 11.1. The Kier molecular flexibility index (Phi) is 5.95. The summed E-state index contributed by atoms with van der Waals surface area (Å²) in [5.41, 5.74) is 1.81. The summed E-state index contributed by atoms with van der Waals surface area (Å²) in [4.78, 5) is 11.4. The molecule has 6 heteroatoms. The topological polar surface area (TPSA) is 61.3 Å². The van der Waals surface area contributed by atoms with E-state index in [1.165, 1.54) is 0 Å². The van der Waals surface area contributed by atoms with Crippen molar-refractivity contribution in [3.8, 4) is 5.75 Å². The Morgan fingerprint density at radius 2 is 1.71 bits per heavy atom. The summed E-state index contributed by atoms with van der Waals surface area (Å²) in [5.74, 6) is 1.85. The van der Waals surface area contributed by atoms with Gasteiger partial charge in [0.25, 0.3) is 0 Å². The molecule has 126 valence electrons. The number of benzene rings is 2. The van der Waals surface area contributed by atoms with Crippen LogP contribution in [0.4, 0.5) is 11.5 Å². The van der Waals surface area contributed by atoms with E-state index in [0.717, 1.165) is 41.2 Å². The summed E-state index contributed by atoms with van der Waals surface area (Å²) in [5, 5.41) is 13.7. The van der Waals surface area contributed by atoms with Crippen LogP contribution >= 0.6 is 12.4 Å². The predicted molar refractivity (Wildman–Crippen MR) is 100 cm³/mol. The largest absolute Gasteiger partial charge is 0.508 e. The Hall–Kier alpha value is -2.37. The number of fused-ring (bicyclic) bond motifs is 1. The minimum absolute atomic E-state index is 0. The normalized spacial score (nSPS) is 10.6. The van der Waals surface area contributed by atoms with E-state index >= 15 is 0 Å². The number of anilines is 2. The van der Waals surface area contributed by atoms with Crippen molar-refractivity contribution in [2.24, 2.45) is 0 Å². The standard InChI is InChI=1S/C18H20N4O.ClH/c1-22(2)12-11-17-20-16-6-4-3-5-15(16)18(21-17)19-13-7-9-14(23)10-8-13;/h3-10,23H,11-12H2,1-2H3,(H,19,20,21);1H. The van der Waals surface area contributed by atoms with Crippen LogP contribution in [0.15, 0.2) is 48.5 Å². The van der Waals surface area contributed by atoms with Gasteiger partial charge in [0.2, 0.25) is 0 Å². The van der Waals surface area contributed by atoms with Gasteiger partial charge in [-0.1, -0.05) is 12.1 Å². The van der Waals surface area contributed by atoms with E-state index in [-0.39, 0.29) is 18.2 Å². The van der Waals surface area contributed by atoms with Gasteiger partial charge in [0.05, 0.1) is 5.52 Å². The molecular formula is C18H21ClN4O. The maximum atomic E-state index is 9.40. The molecule has 3 aromatic rings. The molecule has 0 unspecified atom stereocenters. The number of hydrogen-bond donors (Lipinski definition) is 2. The summed E-state index contributed by atoms with van der Waals surface area (Å²) >= 11 is 0. The zero-order valence-corrected chi connectivity index (χ0v) is 14.5. The zero-order valence-electron chi connectivity index (χ0n) is 13.7. The summed E-state index contributed by atoms with van der Waals surface area (Å²) in [6.07, 6.45) is 0.794. The van der Waals surface area contributed by atoms with Gasteiger partial charge in [0.1, 0.15) is 17.4 Å². The first-order valence-electron chi connectivity index (χ1n) is 7.58. The number of phenolic OH excluding ortho intramolecular Hbond substituents is 1. The maximum Gasteiger partial charge on any atom is 0.142 e. The maximum absolute atomic E-state index is 9.40. The highest BCUT2D eigenvalue weighted by molar-refractivity contribution is 5.90. The van der Waals surface area contributed by atoms with Gasteiger partial charge >= 0.3 is 0 Å². The van der Waals surface area contributed by atoms with Crippen molar-refractivity contribution in [2.45, 2.75) is 6.42 Å². The molecule has 1 aromatic heterocycles. The number of aromatic nitrogens is 2. The quantitative estimate of drug-likeness (QED) is 0.692. The molecule has 3 rings (SSSR count). The molecule has 0 saturated heterocycles. The third-order valence-electron chi connectivity index (χ3n) is 3.56. The van der Waals surface area contributed by atoms with Crippen molar-refractivity contribution in [3.63, 3.8) is 0 Å². The number of rotatable bonds is 5. The van der Waals surface area contributed by atoms with Crippen LogP contribution in [0.3, 0.4) is 0 Å². The lowest BCUT2D eigenvalue weighted by Gasteiger charge is -2.12. The van der Waals surface area contributed by atoms with Crippen LogP contribution in [0, 0.1) is 0 Å². The van der Waals surface area contributed by atoms with E-state index in [0.29, 0.717) is 0 Å². The third-order valence-corrected chi connectivity index (χ3v) is 3.56. The summed E-state index contributed by atoms with van der Waals surface area (Å²) in [6, 6.07) is 14.9. The fourth-order valence-corrected chi connectivity index (χ4v) is 2.34. The van der Waals surface area contributed by atoms with E-state index in [9.17, 15) is 5.11 Å². The van der Waals surface area contributed by atoms with Gasteiger partial charge in [0.15, 0.2) is 0 Å². The molecule has 0 radical (unpaired) electrons. The minimum Gasteiger partial charge on any atom is -0.508 e. The Bertz CT molecular complexity index is 806. The molecule has 0 saturated carbocycles. The smallest absolute Gasteiger partial charge is 0.142 e. The van der Waals surface area contributed by atoms with Crippen LogP contribution in [-0.4, -0.2) is 40.6 Å². The first-order valence-corrected chi connectivity index (χ1v) is 7.58. The average Bonchev–Trinajstić information content (AvgIpc) is 2.55. The number of hydrogen-bond acceptors (Lipinski definition) is 5. The van der Waals surface area contributed by atoms with Crippen LogP contribution in [0.25, 0.3) is 10.9 Å². The number of phenols is 1. The number of nitrogens with zero attached hydrogens (tertiary/aromatic N) is 3. The van der Waals surface area contributed by atoms with E-state index < -0.39 is 0 Å². The molecule has 0 atom stereocenters. The Balaban J connectivity index is 0.00000208. The SMILES string of the molecule is CN(C)CCc1nc(Nc2ccc(O)cc2)c2ccccc2n1.Cl. The Morgan fingerprint density at radius 1 is 1.00 bits per heavy atom. The second-order valence-corrected chi connectivity index (χ2v) is 5.73. The fraction of sp³-hybridized carbons (Fsp3) is 0.222. The number of likely N-dealkylation sites (N-methyl/N-ethyl adjacent to an activating group) is 1. The van der Waals surface area contributed by atoms with Crippen LogP contribution < -0.4 is 5.32 Å². The third kappa shape index (κ3) is 4.34. The number of aromatic hydroxyl groups is 1. The molecule has 0 bridgehead atoms. The minimum atomic E-state index is 0. The van der Waals surface area contributed by atoms with Gasteiger partial charge in [-0.2, -0.15) is 0 Å². The number of halogens is 1. The summed E-state index contributed by atoms with van der Waals surface area (Å²) in [6.45, 7) is 0.900. The second-order valence-electron chi connectivity index (χ2n) is 5.73. The molecule has 0 fully saturated rings. The molecule has 0 aliphatic rings. The Labute approximate surface area is 147 Å². The van der Waals surface area contributed by atoms with Crippen molar-refractivity contribution in [1.29, 1.82) is 0 Å². The Morgan fingerprint density at radius 3 is 2.42 bits per heavy atom. The van der Waals surface area contributed by atoms with Crippen LogP contribution in [-0.2, 0) is 6.42 Å². The summed E-state index contributed by atoms with van der Waals surface area (Å²) in [7, 11) is 4.08. The first kappa shape index (κ1) is 18.0. The molecule has 0 aliphatic heterocycles. The van der Waals surface area contributed by atoms with E-state index in [1.807, 2.05) is 50.5 Å². The van der Waals surface area contributed by atoms with Crippen molar-refractivity contribution in [2.75, 3.05) is 26.0 Å². The van der Waals surface area contributed by atoms with Crippen LogP contribution in [0.1, 0.15) is 5.82 Å². The molecule has 2 aromatic carbocycles. The van der Waals surface area contributed by atoms with Crippen molar-refractivity contribution in [3.05, 3.63) is 54.4 Å². The predicted octanol–water partition coefficient (Wildman–Crippen LogP) is 3.60. The molecule has 2 N–H and O–H groups in total. The van der Waals surface area contributed by atoms with E-state index in [2.05, 4.69) is 20.2 Å². The van der Waals surface area contributed by atoms with Crippen molar-refractivity contribution < 1.29 is 5.11 Å². The highest BCUT2D eigenvalue weighted by Crippen LogP contribution is 2.24. The molecule has 0 aliphatic carbocycles. The molecule has 24 heavy (non-hydrogen) atoms. The van der Waals surface area contributed by atoms with Gasteiger partial charge in [-0.3, -0.25) is 0 Å². The van der Waals surface area contributed by atoms with Gasteiger partial charge < -0.3 is 15.3 Å². The molecule has 1 heterocycles. The lowest BCUT2D eigenvalue weighted by molar-refractivity contribution is 0.410. The number of nitrogens with one attached hydrogen (secondary N) is 1. The van der Waals surface area contributed by atoms with Gasteiger partial charge in [-0.05, 0) is 50.5 Å².